The number of nitrogens with one attached hydrogen (secondary N) is 2. The second kappa shape index (κ2) is 9.61. The Kier molecular flexibility index (Phi) is 6.89. The van der Waals surface area contributed by atoms with Crippen molar-refractivity contribution in [3.63, 3.8) is 0 Å². The van der Waals surface area contributed by atoms with Gasteiger partial charge in [-0.25, -0.2) is 4.79 Å². The Morgan fingerprint density at radius 3 is 2.28 bits per heavy atom. The molecule has 10 heteroatoms. The predicted molar refractivity (Wildman–Crippen MR) is 113 cm³/mol. The van der Waals surface area contributed by atoms with Crippen LogP contribution in [0.3, 0.4) is 0 Å². The van der Waals surface area contributed by atoms with Crippen molar-refractivity contribution < 1.29 is 32.2 Å². The number of ether oxygens (including phenoxy) is 2. The average Bonchev–Trinajstić information content (AvgIpc) is 2.73. The molecule has 0 aliphatic heterocycles. The molecule has 0 spiro atoms. The molecule has 32 heavy (non-hydrogen) atoms. The highest BCUT2D eigenvalue weighted by molar-refractivity contribution is 6.34. The van der Waals surface area contributed by atoms with Crippen LogP contribution in [0.1, 0.15) is 10.4 Å². The molecule has 0 aromatic heterocycles. The van der Waals surface area contributed by atoms with Crippen molar-refractivity contribution in [2.45, 2.75) is 6.36 Å². The summed E-state index contributed by atoms with van der Waals surface area (Å²) in [5.74, 6) is -0.666. The summed E-state index contributed by atoms with van der Waals surface area (Å²) in [6.07, 6.45) is -4.78. The van der Waals surface area contributed by atoms with Gasteiger partial charge in [0.15, 0.2) is 0 Å². The summed E-state index contributed by atoms with van der Waals surface area (Å²) in [4.78, 5) is 24.4. The van der Waals surface area contributed by atoms with Crippen LogP contribution in [-0.2, 0) is 0 Å². The third-order valence-electron chi connectivity index (χ3n) is 4.20. The molecule has 0 aliphatic rings. The van der Waals surface area contributed by atoms with Gasteiger partial charge in [-0.1, -0.05) is 35.9 Å². The molecule has 0 aliphatic carbocycles. The fourth-order valence-corrected chi connectivity index (χ4v) is 3.04. The molecule has 0 saturated heterocycles. The molecule has 0 fully saturated rings. The van der Waals surface area contributed by atoms with Crippen molar-refractivity contribution in [1.29, 1.82) is 0 Å². The van der Waals surface area contributed by atoms with Crippen molar-refractivity contribution >= 4 is 29.2 Å². The van der Waals surface area contributed by atoms with Gasteiger partial charge in [-0.2, -0.15) is 0 Å². The minimum absolute atomic E-state index is 0.148. The topological polar surface area (TPSA) is 76.7 Å². The van der Waals surface area contributed by atoms with Gasteiger partial charge < -0.3 is 14.8 Å². The largest absolute Gasteiger partial charge is 0.573 e. The summed E-state index contributed by atoms with van der Waals surface area (Å²) < 4.78 is 46.1. The first-order valence-electron chi connectivity index (χ1n) is 9.07. The molecule has 3 rings (SSSR count). The van der Waals surface area contributed by atoms with Gasteiger partial charge in [0.05, 0.1) is 17.7 Å². The zero-order valence-electron chi connectivity index (χ0n) is 16.5. The molecule has 166 valence electrons. The zero-order valence-corrected chi connectivity index (χ0v) is 17.3. The van der Waals surface area contributed by atoms with Crippen molar-refractivity contribution in [3.8, 4) is 22.6 Å². The van der Waals surface area contributed by atoms with Gasteiger partial charge in [-0.05, 0) is 42.0 Å². The number of imide groups is 1. The molecule has 0 radical (unpaired) electrons. The number of rotatable bonds is 5. The molecule has 3 aromatic carbocycles. The molecule has 3 amide bonds. The van der Waals surface area contributed by atoms with E-state index in [1.165, 1.54) is 49.6 Å². The number of carbonyl (C=O) groups is 2. The third-order valence-corrected chi connectivity index (χ3v) is 4.53. The SMILES string of the molecule is COc1cc(NC(=O)NC(=O)c2ccccc2Cl)ccc1-c1ccc(OC(F)(F)F)cc1. The Bertz CT molecular complexity index is 1130. The van der Waals surface area contributed by atoms with E-state index >= 15 is 0 Å². The van der Waals surface area contributed by atoms with Crippen molar-refractivity contribution in [1.82, 2.24) is 5.32 Å². The summed E-state index contributed by atoms with van der Waals surface area (Å²) in [7, 11) is 1.41. The summed E-state index contributed by atoms with van der Waals surface area (Å²) in [5, 5.41) is 4.89. The first-order chi connectivity index (χ1) is 15.2. The molecule has 0 saturated carbocycles. The van der Waals surface area contributed by atoms with Gasteiger partial charge >= 0.3 is 12.4 Å². The summed E-state index contributed by atoms with van der Waals surface area (Å²) in [6, 6.07) is 15.4. The number of carbonyl (C=O) groups excluding carboxylic acids is 2. The Hall–Kier alpha value is -3.72. The Morgan fingerprint density at radius 1 is 0.969 bits per heavy atom. The monoisotopic (exact) mass is 464 g/mol. The van der Waals surface area contributed by atoms with Crippen LogP contribution in [0.15, 0.2) is 66.7 Å². The van der Waals surface area contributed by atoms with E-state index in [2.05, 4.69) is 15.4 Å². The number of methoxy groups -OCH3 is 1. The van der Waals surface area contributed by atoms with E-state index in [-0.39, 0.29) is 16.3 Å². The summed E-state index contributed by atoms with van der Waals surface area (Å²) in [5.41, 5.74) is 1.62. The number of urea groups is 1. The average molecular weight is 465 g/mol. The van der Waals surface area contributed by atoms with Gasteiger partial charge in [0, 0.05) is 17.3 Å². The number of anilines is 1. The minimum atomic E-state index is -4.78. The first kappa shape index (κ1) is 23.0. The van der Waals surface area contributed by atoms with Crippen molar-refractivity contribution in [2.75, 3.05) is 12.4 Å². The molecule has 3 aromatic rings. The highest BCUT2D eigenvalue weighted by Gasteiger charge is 2.31. The van der Waals surface area contributed by atoms with Gasteiger partial charge in [0.2, 0.25) is 0 Å². The molecule has 2 N–H and O–H groups in total. The fraction of sp³-hybridized carbons (Fsp3) is 0.0909. The molecule has 6 nitrogen and oxygen atoms in total. The lowest BCUT2D eigenvalue weighted by Gasteiger charge is -2.13. The molecule has 0 heterocycles. The summed E-state index contributed by atoms with van der Waals surface area (Å²) in [6.45, 7) is 0. The van der Waals surface area contributed by atoms with Gasteiger partial charge in [0.1, 0.15) is 11.5 Å². The maximum absolute atomic E-state index is 12.3. The lowest BCUT2D eigenvalue weighted by Crippen LogP contribution is -2.34. The maximum atomic E-state index is 12.3. The molecular formula is C22H16ClF3N2O4. The van der Waals surface area contributed by atoms with Gasteiger partial charge in [0.25, 0.3) is 5.91 Å². The number of benzene rings is 3. The Morgan fingerprint density at radius 2 is 1.66 bits per heavy atom. The fourth-order valence-electron chi connectivity index (χ4n) is 2.82. The van der Waals surface area contributed by atoms with Crippen LogP contribution < -0.4 is 20.1 Å². The third kappa shape index (κ3) is 5.92. The molecular weight excluding hydrogens is 449 g/mol. The minimum Gasteiger partial charge on any atom is -0.496 e. The quantitative estimate of drug-likeness (QED) is 0.494. The van der Waals surface area contributed by atoms with E-state index in [9.17, 15) is 22.8 Å². The van der Waals surface area contributed by atoms with E-state index in [1.54, 1.807) is 24.3 Å². The lowest BCUT2D eigenvalue weighted by molar-refractivity contribution is -0.274. The van der Waals surface area contributed by atoms with Crippen molar-refractivity contribution in [3.05, 3.63) is 77.3 Å². The van der Waals surface area contributed by atoms with E-state index in [0.717, 1.165) is 0 Å². The van der Waals surface area contributed by atoms with Crippen LogP contribution in [0.5, 0.6) is 11.5 Å². The second-order valence-corrected chi connectivity index (χ2v) is 6.78. The van der Waals surface area contributed by atoms with Crippen LogP contribution in [0.4, 0.5) is 23.7 Å². The van der Waals surface area contributed by atoms with E-state index < -0.39 is 18.3 Å². The van der Waals surface area contributed by atoms with Gasteiger partial charge in [-0.3, -0.25) is 10.1 Å². The Balaban J connectivity index is 1.72. The number of hydrogen-bond donors (Lipinski definition) is 2. The van der Waals surface area contributed by atoms with Crippen LogP contribution >= 0.6 is 11.6 Å². The van der Waals surface area contributed by atoms with Crippen LogP contribution in [0.2, 0.25) is 5.02 Å². The zero-order chi connectivity index (χ0) is 23.3. The normalized spacial score (nSPS) is 10.9. The highest BCUT2D eigenvalue weighted by atomic mass is 35.5. The molecule has 0 bridgehead atoms. The number of amides is 3. The van der Waals surface area contributed by atoms with E-state index in [0.29, 0.717) is 22.6 Å². The first-order valence-corrected chi connectivity index (χ1v) is 9.45. The van der Waals surface area contributed by atoms with Crippen LogP contribution in [-0.4, -0.2) is 25.4 Å². The highest BCUT2D eigenvalue weighted by Crippen LogP contribution is 2.34. The molecule has 0 atom stereocenters. The van der Waals surface area contributed by atoms with Crippen molar-refractivity contribution in [2.24, 2.45) is 0 Å². The van der Waals surface area contributed by atoms with Crippen LogP contribution in [0, 0.1) is 0 Å². The van der Waals surface area contributed by atoms with Gasteiger partial charge in [-0.15, -0.1) is 13.2 Å². The predicted octanol–water partition coefficient (Wildman–Crippen LogP) is 5.88. The standard InChI is InChI=1S/C22H16ClF3N2O4/c1-31-19-12-14(27-21(30)28-20(29)17-4-2-3-5-18(17)23)8-11-16(19)13-6-9-15(10-7-13)32-22(24,25)26/h2-12H,1H3,(H2,27,28,29,30). The second-order valence-electron chi connectivity index (χ2n) is 6.38. The number of halogens is 4. The lowest BCUT2D eigenvalue weighted by atomic mass is 10.0. The van der Waals surface area contributed by atoms with E-state index in [1.807, 2.05) is 0 Å². The smallest absolute Gasteiger partial charge is 0.496 e. The molecule has 0 unspecified atom stereocenters. The van der Waals surface area contributed by atoms with E-state index in [4.69, 9.17) is 16.3 Å². The number of hydrogen-bond acceptors (Lipinski definition) is 4. The number of alkyl halides is 3. The Labute approximate surface area is 185 Å². The van der Waals surface area contributed by atoms with Crippen LogP contribution in [0.25, 0.3) is 11.1 Å². The maximum Gasteiger partial charge on any atom is 0.573 e. The summed E-state index contributed by atoms with van der Waals surface area (Å²) >= 11 is 5.95.